The zero-order valence-electron chi connectivity index (χ0n) is 13.7. The van der Waals surface area contributed by atoms with Crippen molar-refractivity contribution in [3.63, 3.8) is 0 Å². The lowest BCUT2D eigenvalue weighted by Crippen LogP contribution is -2.55. The van der Waals surface area contributed by atoms with Gasteiger partial charge in [-0.3, -0.25) is 9.78 Å². The molecule has 2 aromatic rings. The monoisotopic (exact) mass is 371 g/mol. The highest BCUT2D eigenvalue weighted by molar-refractivity contribution is 5.78. The molecule has 140 valence electrons. The molecular formula is C15H16F3N5O3. The van der Waals surface area contributed by atoms with Gasteiger partial charge in [0.25, 0.3) is 0 Å². The van der Waals surface area contributed by atoms with Gasteiger partial charge in [-0.15, -0.1) is 0 Å². The number of carbonyl (C=O) groups excluding carboxylic acids is 1. The fraction of sp³-hybridized carbons (Fsp3) is 0.467. The zero-order valence-corrected chi connectivity index (χ0v) is 13.7. The van der Waals surface area contributed by atoms with E-state index in [1.54, 1.807) is 12.1 Å². The minimum Gasteiger partial charge on any atom is -0.369 e. The third-order valence-electron chi connectivity index (χ3n) is 3.84. The number of alkyl halides is 3. The largest absolute Gasteiger partial charge is 0.471 e. The Morgan fingerprint density at radius 3 is 2.85 bits per heavy atom. The number of morpholine rings is 1. The highest BCUT2D eigenvalue weighted by atomic mass is 19.4. The van der Waals surface area contributed by atoms with Crippen molar-refractivity contribution in [1.82, 2.24) is 25.8 Å². The standard InChI is InChI=1S/C15H16F3N5O3/c1-8(11-6-25-7-12(24)21-11)19-5-10-3-2-9(4-20-10)13-22-14(26-23-13)15(16,17)18/h2-4,8,11,19H,5-7H2,1H3,(H,21,24)/t8?,11-/m0/s1. The molecule has 0 radical (unpaired) electrons. The van der Waals surface area contributed by atoms with Gasteiger partial charge in [0.05, 0.1) is 18.3 Å². The van der Waals surface area contributed by atoms with Crippen molar-refractivity contribution in [1.29, 1.82) is 0 Å². The fourth-order valence-electron chi connectivity index (χ4n) is 2.36. The lowest BCUT2D eigenvalue weighted by molar-refractivity contribution is -0.159. The molecule has 0 spiro atoms. The second-order valence-electron chi connectivity index (χ2n) is 5.82. The summed E-state index contributed by atoms with van der Waals surface area (Å²) in [6.45, 7) is 2.81. The Morgan fingerprint density at radius 2 is 2.23 bits per heavy atom. The van der Waals surface area contributed by atoms with Gasteiger partial charge in [0.2, 0.25) is 11.7 Å². The van der Waals surface area contributed by atoms with Crippen LogP contribution in [0.4, 0.5) is 13.2 Å². The molecule has 1 fully saturated rings. The summed E-state index contributed by atoms with van der Waals surface area (Å²) in [4.78, 5) is 18.8. The number of ether oxygens (including phenoxy) is 1. The molecule has 3 rings (SSSR count). The number of nitrogens with one attached hydrogen (secondary N) is 2. The summed E-state index contributed by atoms with van der Waals surface area (Å²) in [7, 11) is 0. The molecule has 2 aromatic heterocycles. The van der Waals surface area contributed by atoms with Gasteiger partial charge < -0.3 is 19.9 Å². The van der Waals surface area contributed by atoms with E-state index in [9.17, 15) is 18.0 Å². The molecule has 26 heavy (non-hydrogen) atoms. The van der Waals surface area contributed by atoms with Crippen LogP contribution in [0.15, 0.2) is 22.9 Å². The van der Waals surface area contributed by atoms with Crippen LogP contribution in [-0.2, 0) is 22.3 Å². The summed E-state index contributed by atoms with van der Waals surface area (Å²) in [5, 5.41) is 9.36. The minimum absolute atomic E-state index is 0.0488. The average Bonchev–Trinajstić information content (AvgIpc) is 3.10. The van der Waals surface area contributed by atoms with Crippen LogP contribution in [0.5, 0.6) is 0 Å². The first-order chi connectivity index (χ1) is 12.3. The maximum absolute atomic E-state index is 12.5. The van der Waals surface area contributed by atoms with E-state index >= 15 is 0 Å². The molecule has 0 saturated carbocycles. The summed E-state index contributed by atoms with van der Waals surface area (Å²) in [6.07, 6.45) is -3.31. The Hall–Kier alpha value is -2.53. The normalized spacial score (nSPS) is 19.2. The topological polar surface area (TPSA) is 102 Å². The van der Waals surface area contributed by atoms with E-state index < -0.39 is 12.1 Å². The van der Waals surface area contributed by atoms with E-state index in [0.717, 1.165) is 0 Å². The minimum atomic E-state index is -4.68. The molecule has 1 saturated heterocycles. The molecule has 1 amide bonds. The highest BCUT2D eigenvalue weighted by Crippen LogP contribution is 2.29. The quantitative estimate of drug-likeness (QED) is 0.813. The van der Waals surface area contributed by atoms with Gasteiger partial charge in [-0.1, -0.05) is 5.16 Å². The van der Waals surface area contributed by atoms with E-state index in [-0.39, 0.29) is 30.4 Å². The number of pyridine rings is 1. The maximum atomic E-state index is 12.5. The number of rotatable bonds is 5. The molecule has 0 aliphatic carbocycles. The number of aromatic nitrogens is 3. The van der Waals surface area contributed by atoms with Gasteiger partial charge in [-0.2, -0.15) is 18.2 Å². The summed E-state index contributed by atoms with van der Waals surface area (Å²) in [5.74, 6) is -1.74. The Morgan fingerprint density at radius 1 is 1.42 bits per heavy atom. The third-order valence-corrected chi connectivity index (χ3v) is 3.84. The molecule has 8 nitrogen and oxygen atoms in total. The first-order valence-electron chi connectivity index (χ1n) is 7.79. The van der Waals surface area contributed by atoms with E-state index in [4.69, 9.17) is 4.74 Å². The van der Waals surface area contributed by atoms with Crippen LogP contribution >= 0.6 is 0 Å². The van der Waals surface area contributed by atoms with Crippen LogP contribution in [0.25, 0.3) is 11.4 Å². The Balaban J connectivity index is 1.57. The maximum Gasteiger partial charge on any atom is 0.471 e. The van der Waals surface area contributed by atoms with Crippen molar-refractivity contribution < 1.29 is 27.2 Å². The number of hydrogen-bond donors (Lipinski definition) is 2. The van der Waals surface area contributed by atoms with Gasteiger partial charge in [-0.05, 0) is 19.1 Å². The van der Waals surface area contributed by atoms with E-state index in [0.29, 0.717) is 24.4 Å². The van der Waals surface area contributed by atoms with Crippen molar-refractivity contribution >= 4 is 5.91 Å². The number of nitrogens with zero attached hydrogens (tertiary/aromatic N) is 3. The van der Waals surface area contributed by atoms with E-state index in [2.05, 4.69) is 30.3 Å². The van der Waals surface area contributed by atoms with Crippen LogP contribution in [0.2, 0.25) is 0 Å². The van der Waals surface area contributed by atoms with Gasteiger partial charge >= 0.3 is 12.1 Å². The van der Waals surface area contributed by atoms with Gasteiger partial charge in [0, 0.05) is 24.3 Å². The Labute approximate surface area is 146 Å². The molecule has 0 bridgehead atoms. The third kappa shape index (κ3) is 4.35. The van der Waals surface area contributed by atoms with Crippen LogP contribution in [-0.4, -0.2) is 46.3 Å². The number of amides is 1. The highest BCUT2D eigenvalue weighted by Gasteiger charge is 2.38. The van der Waals surface area contributed by atoms with Gasteiger partial charge in [0.15, 0.2) is 0 Å². The van der Waals surface area contributed by atoms with Crippen molar-refractivity contribution in [2.24, 2.45) is 0 Å². The molecule has 0 aromatic carbocycles. The van der Waals surface area contributed by atoms with Gasteiger partial charge in [-0.25, -0.2) is 0 Å². The Kier molecular flexibility index (Phi) is 5.18. The molecule has 1 aliphatic rings. The lowest BCUT2D eigenvalue weighted by Gasteiger charge is -2.29. The number of hydrogen-bond acceptors (Lipinski definition) is 7. The van der Waals surface area contributed by atoms with Crippen molar-refractivity contribution in [2.75, 3.05) is 13.2 Å². The van der Waals surface area contributed by atoms with Crippen LogP contribution in [0.3, 0.4) is 0 Å². The predicted octanol–water partition coefficient (Wildman–Crippen LogP) is 1.14. The van der Waals surface area contributed by atoms with Crippen LogP contribution in [0, 0.1) is 0 Å². The second-order valence-corrected chi connectivity index (χ2v) is 5.82. The van der Waals surface area contributed by atoms with E-state index in [1.807, 2.05) is 6.92 Å². The molecule has 2 atom stereocenters. The van der Waals surface area contributed by atoms with Crippen molar-refractivity contribution in [3.05, 3.63) is 29.9 Å². The van der Waals surface area contributed by atoms with Crippen LogP contribution in [0.1, 0.15) is 18.5 Å². The number of carbonyl (C=O) groups is 1. The molecule has 11 heteroatoms. The smallest absolute Gasteiger partial charge is 0.369 e. The molecule has 2 N–H and O–H groups in total. The summed E-state index contributed by atoms with van der Waals surface area (Å²) >= 11 is 0. The molecule has 3 heterocycles. The SMILES string of the molecule is CC(NCc1ccc(-c2noc(C(F)(F)F)n2)cn1)[C@@H]1COCC(=O)N1. The van der Waals surface area contributed by atoms with Crippen LogP contribution < -0.4 is 10.6 Å². The van der Waals surface area contributed by atoms with Gasteiger partial charge in [0.1, 0.15) is 6.61 Å². The second kappa shape index (κ2) is 7.38. The first-order valence-corrected chi connectivity index (χ1v) is 7.79. The molecule has 1 unspecified atom stereocenters. The molecular weight excluding hydrogens is 355 g/mol. The first kappa shape index (κ1) is 18.3. The summed E-state index contributed by atoms with van der Waals surface area (Å²) < 4.78 is 46.8. The van der Waals surface area contributed by atoms with Crippen molar-refractivity contribution in [3.8, 4) is 11.4 Å². The average molecular weight is 371 g/mol. The summed E-state index contributed by atoms with van der Waals surface area (Å²) in [6, 6.07) is 3.02. The van der Waals surface area contributed by atoms with E-state index in [1.165, 1.54) is 6.20 Å². The lowest BCUT2D eigenvalue weighted by atomic mass is 10.1. The predicted molar refractivity (Wildman–Crippen MR) is 81.6 cm³/mol. The number of halogens is 3. The fourth-order valence-corrected chi connectivity index (χ4v) is 2.36. The Bertz CT molecular complexity index is 763. The van der Waals surface area contributed by atoms with Crippen molar-refractivity contribution in [2.45, 2.75) is 31.7 Å². The zero-order chi connectivity index (χ0) is 18.7. The summed E-state index contributed by atoms with van der Waals surface area (Å²) in [5.41, 5.74) is 0.984. The molecule has 1 aliphatic heterocycles.